The maximum absolute atomic E-state index is 9.39. The van der Waals surface area contributed by atoms with Gasteiger partial charge in [-0.3, -0.25) is 0 Å². The van der Waals surface area contributed by atoms with E-state index in [1.165, 1.54) is 15.5 Å². The van der Waals surface area contributed by atoms with E-state index in [0.717, 1.165) is 18.1 Å². The Kier molecular flexibility index (Phi) is 3.76. The first-order chi connectivity index (χ1) is 12.9. The van der Waals surface area contributed by atoms with Gasteiger partial charge in [0.2, 0.25) is 5.96 Å². The molecule has 11 nitrogen and oxygen atoms in total. The van der Waals surface area contributed by atoms with Crippen molar-refractivity contribution in [3.8, 4) is 6.07 Å². The fraction of sp³-hybridized carbons (Fsp3) is 0.438. The largest absolute Gasteiger partial charge is 0.353 e. The molecule has 4 heterocycles. The average molecular weight is 365 g/mol. The lowest BCUT2D eigenvalue weighted by atomic mass is 9.91. The number of nitrogens with zero attached hydrogens (tertiary/aromatic N) is 9. The van der Waals surface area contributed by atoms with E-state index >= 15 is 0 Å². The molecule has 0 unspecified atom stereocenters. The van der Waals surface area contributed by atoms with E-state index in [1.807, 2.05) is 27.7 Å². The van der Waals surface area contributed by atoms with Crippen LogP contribution in [0.3, 0.4) is 0 Å². The lowest BCUT2D eigenvalue weighted by Crippen LogP contribution is -2.26. The topological polar surface area (TPSA) is 137 Å². The highest BCUT2D eigenvalue weighted by atomic mass is 15.5. The second-order valence-corrected chi connectivity index (χ2v) is 7.23. The molecule has 0 fully saturated rings. The third-order valence-corrected chi connectivity index (χ3v) is 4.06. The first-order valence-electron chi connectivity index (χ1n) is 8.53. The third-order valence-electron chi connectivity index (χ3n) is 4.06. The van der Waals surface area contributed by atoms with Crippen molar-refractivity contribution in [3.63, 3.8) is 0 Å². The number of aromatic amines is 1. The summed E-state index contributed by atoms with van der Waals surface area (Å²) in [6.07, 6.45) is 1.45. The highest BCUT2D eigenvalue weighted by Crippen LogP contribution is 2.35. The third kappa shape index (κ3) is 2.84. The molecule has 3 aromatic rings. The van der Waals surface area contributed by atoms with Crippen LogP contribution in [0.4, 0.5) is 11.5 Å². The molecule has 138 valence electrons. The Morgan fingerprint density at radius 1 is 1.26 bits per heavy atom. The highest BCUT2D eigenvalue weighted by Gasteiger charge is 2.26. The molecule has 11 heteroatoms. The van der Waals surface area contributed by atoms with E-state index in [4.69, 9.17) is 0 Å². The fourth-order valence-corrected chi connectivity index (χ4v) is 2.82. The van der Waals surface area contributed by atoms with Crippen molar-refractivity contribution < 1.29 is 0 Å². The number of aromatic nitrogens is 6. The minimum absolute atomic E-state index is 0.258. The molecule has 0 bridgehead atoms. The monoisotopic (exact) mass is 365 g/mol. The van der Waals surface area contributed by atoms with Gasteiger partial charge >= 0.3 is 0 Å². The number of azo groups is 1. The second kappa shape index (κ2) is 6.01. The Hall–Kier alpha value is -3.55. The number of aryl methyl sites for hydroxylation is 1. The van der Waals surface area contributed by atoms with Gasteiger partial charge in [0.05, 0.1) is 18.4 Å². The zero-order valence-electron chi connectivity index (χ0n) is 15.5. The Balaban J connectivity index is 1.84. The molecule has 0 aromatic carbocycles. The minimum atomic E-state index is -0.258. The van der Waals surface area contributed by atoms with Gasteiger partial charge in [-0.2, -0.15) is 20.1 Å². The van der Waals surface area contributed by atoms with E-state index in [-0.39, 0.29) is 5.41 Å². The summed E-state index contributed by atoms with van der Waals surface area (Å²) in [6.45, 7) is 9.35. The van der Waals surface area contributed by atoms with Gasteiger partial charge in [-0.25, -0.2) is 4.99 Å². The number of H-pyrrole nitrogens is 1. The Morgan fingerprint density at radius 3 is 2.74 bits per heavy atom. The number of aliphatic imine (C=N–C) groups is 1. The van der Waals surface area contributed by atoms with Crippen LogP contribution in [0.5, 0.6) is 0 Å². The molecule has 1 aliphatic heterocycles. The van der Waals surface area contributed by atoms with Crippen LogP contribution in [-0.4, -0.2) is 48.6 Å². The first-order valence-corrected chi connectivity index (χ1v) is 8.53. The van der Waals surface area contributed by atoms with E-state index in [9.17, 15) is 5.26 Å². The predicted octanol–water partition coefficient (Wildman–Crippen LogP) is 1.95. The first kappa shape index (κ1) is 16.9. The smallest absolute Gasteiger partial charge is 0.221 e. The van der Waals surface area contributed by atoms with Gasteiger partial charge in [0.25, 0.3) is 0 Å². The highest BCUT2D eigenvalue weighted by molar-refractivity contribution is 5.86. The van der Waals surface area contributed by atoms with Gasteiger partial charge in [-0.05, 0) is 6.92 Å². The molecule has 0 spiro atoms. The van der Waals surface area contributed by atoms with E-state index in [1.54, 1.807) is 0 Å². The van der Waals surface area contributed by atoms with Crippen LogP contribution in [0.2, 0.25) is 0 Å². The molecule has 0 radical (unpaired) electrons. The normalized spacial score (nSPS) is 14.7. The molecule has 1 aliphatic rings. The molecule has 27 heavy (non-hydrogen) atoms. The van der Waals surface area contributed by atoms with Crippen LogP contribution in [0.15, 0.2) is 21.4 Å². The zero-order valence-corrected chi connectivity index (χ0v) is 15.5. The Labute approximate surface area is 154 Å². The van der Waals surface area contributed by atoms with E-state index < -0.39 is 0 Å². The average Bonchev–Trinajstić information content (AvgIpc) is 3.34. The lowest BCUT2D eigenvalue weighted by molar-refractivity contribution is 0.557. The summed E-state index contributed by atoms with van der Waals surface area (Å²) in [6, 6.07) is 2.09. The molecular weight excluding hydrogens is 346 g/mol. The predicted molar refractivity (Wildman–Crippen MR) is 97.6 cm³/mol. The molecule has 3 aromatic heterocycles. The second-order valence-electron chi connectivity index (χ2n) is 7.23. The van der Waals surface area contributed by atoms with Crippen molar-refractivity contribution in [1.29, 1.82) is 5.26 Å². The summed E-state index contributed by atoms with van der Waals surface area (Å²) in [5, 5.41) is 34.4. The van der Waals surface area contributed by atoms with Gasteiger partial charge in [0, 0.05) is 12.0 Å². The zero-order chi connectivity index (χ0) is 19.2. The van der Waals surface area contributed by atoms with Gasteiger partial charge in [-0.15, -0.1) is 20.0 Å². The summed E-state index contributed by atoms with van der Waals surface area (Å²) in [4.78, 5) is 7.49. The summed E-state index contributed by atoms with van der Waals surface area (Å²) in [7, 11) is 0. The van der Waals surface area contributed by atoms with Crippen molar-refractivity contribution >= 4 is 23.1 Å². The van der Waals surface area contributed by atoms with Crippen LogP contribution < -0.4 is 5.32 Å². The van der Waals surface area contributed by atoms with Crippen LogP contribution >= 0.6 is 0 Å². The van der Waals surface area contributed by atoms with E-state index in [2.05, 4.69) is 46.9 Å². The van der Waals surface area contributed by atoms with Crippen LogP contribution in [0.25, 0.3) is 5.65 Å². The summed E-state index contributed by atoms with van der Waals surface area (Å²) < 4.78 is 3.01. The molecule has 4 rings (SSSR count). The Bertz CT molecular complexity index is 1110. The maximum atomic E-state index is 9.39. The van der Waals surface area contributed by atoms with E-state index in [0.29, 0.717) is 35.2 Å². The quantitative estimate of drug-likeness (QED) is 0.669. The molecule has 0 atom stereocenters. The number of nitriles is 1. The molecular formula is C16H19N11. The lowest BCUT2D eigenvalue weighted by Gasteiger charge is -2.15. The number of hydrogen-bond acceptors (Lipinski definition) is 8. The summed E-state index contributed by atoms with van der Waals surface area (Å²) in [5.41, 5.74) is 2.05. The molecule has 0 saturated carbocycles. The number of nitrogens with one attached hydrogen (secondary N) is 2. The van der Waals surface area contributed by atoms with Crippen molar-refractivity contribution in [2.75, 3.05) is 13.1 Å². The van der Waals surface area contributed by atoms with Gasteiger partial charge in [-0.1, -0.05) is 20.8 Å². The number of fused-ring (bicyclic) bond motifs is 1. The number of hydrogen-bond donors (Lipinski definition) is 2. The molecule has 0 aliphatic carbocycles. The van der Waals surface area contributed by atoms with Gasteiger partial charge < -0.3 is 10.3 Å². The van der Waals surface area contributed by atoms with Crippen molar-refractivity contribution in [2.45, 2.75) is 33.1 Å². The molecule has 2 N–H and O–H groups in total. The fourth-order valence-electron chi connectivity index (χ4n) is 2.82. The minimum Gasteiger partial charge on any atom is -0.353 e. The molecule has 0 amide bonds. The standard InChI is InChI=1S/C16H19N11/c1-9-21-14-11(12(16(2,3)4)25-27(14)24-9)22-23-13-10(7-17)8-20-26(13)15-18-5-6-19-15/h8H,5-6H2,1-4H3,(H,18,19)(H,21,24)/b23-22+. The van der Waals surface area contributed by atoms with Gasteiger partial charge in [0.15, 0.2) is 17.2 Å². The van der Waals surface area contributed by atoms with Crippen LogP contribution in [0, 0.1) is 18.3 Å². The summed E-state index contributed by atoms with van der Waals surface area (Å²) >= 11 is 0. The Morgan fingerprint density at radius 2 is 2.07 bits per heavy atom. The van der Waals surface area contributed by atoms with Gasteiger partial charge in [0.1, 0.15) is 17.5 Å². The van der Waals surface area contributed by atoms with Crippen molar-refractivity contribution in [2.24, 2.45) is 15.2 Å². The molecule has 0 saturated heterocycles. The van der Waals surface area contributed by atoms with Crippen LogP contribution in [0.1, 0.15) is 37.9 Å². The van der Waals surface area contributed by atoms with Crippen molar-refractivity contribution in [1.82, 2.24) is 34.9 Å². The van der Waals surface area contributed by atoms with Crippen LogP contribution in [-0.2, 0) is 5.41 Å². The maximum Gasteiger partial charge on any atom is 0.221 e. The number of rotatable bonds is 2. The van der Waals surface area contributed by atoms with Crippen molar-refractivity contribution in [3.05, 3.63) is 23.3 Å². The SMILES string of the molecule is Cc1nn2nc(C(C)(C)C)c(/N=N/c3c(C#N)cnn3C3=NCCN3)c2[nH]1. The summed E-state index contributed by atoms with van der Waals surface area (Å²) in [5.74, 6) is 1.60.